The van der Waals surface area contributed by atoms with Gasteiger partial charge in [-0.1, -0.05) is 17.7 Å². The zero-order chi connectivity index (χ0) is 31.3. The van der Waals surface area contributed by atoms with Crippen LogP contribution in [0.15, 0.2) is 48.4 Å². The topological polar surface area (TPSA) is 138 Å². The molecule has 45 heavy (non-hydrogen) atoms. The van der Waals surface area contributed by atoms with Gasteiger partial charge in [-0.15, -0.1) is 0 Å². The van der Waals surface area contributed by atoms with Crippen molar-refractivity contribution in [2.75, 3.05) is 19.7 Å². The number of amides is 2. The van der Waals surface area contributed by atoms with Crippen molar-refractivity contribution in [3.05, 3.63) is 65.3 Å². The van der Waals surface area contributed by atoms with Crippen LogP contribution in [0.25, 0.3) is 33.5 Å². The third-order valence-corrected chi connectivity index (χ3v) is 8.94. The Labute approximate surface area is 262 Å². The smallest absolute Gasteiger partial charge is 0.407 e. The summed E-state index contributed by atoms with van der Waals surface area (Å²) in [6.45, 7) is 5.74. The van der Waals surface area contributed by atoms with E-state index in [2.05, 4.69) is 32.4 Å². The molecule has 1 atom stereocenters. The maximum absolute atomic E-state index is 13.0. The van der Waals surface area contributed by atoms with Crippen molar-refractivity contribution >= 4 is 22.9 Å². The van der Waals surface area contributed by atoms with E-state index >= 15 is 0 Å². The number of aromatic nitrogens is 5. The molecule has 1 saturated heterocycles. The van der Waals surface area contributed by atoms with Gasteiger partial charge in [0.25, 0.3) is 5.91 Å². The van der Waals surface area contributed by atoms with E-state index in [1.54, 1.807) is 12.4 Å². The fraction of sp³-hybridized carbons (Fsp3) is 0.441. The molecular formula is C34H41N7O4. The number of nitrogens with zero attached hydrogens (tertiary/aromatic N) is 5. The molecule has 0 spiro atoms. The van der Waals surface area contributed by atoms with Gasteiger partial charge in [-0.05, 0) is 94.0 Å². The predicted molar refractivity (Wildman–Crippen MR) is 172 cm³/mol. The average Bonchev–Trinajstić information content (AvgIpc) is 3.70. The molecular weight excluding hydrogens is 570 g/mol. The van der Waals surface area contributed by atoms with Crippen LogP contribution in [0.1, 0.15) is 86.1 Å². The number of benzene rings is 1. The standard InChI is InChI=1S/C34H41N7O4/c1-3-40(34(43)44)21-25-18-35-19-27(22(25)2)24-12-13-29-26(17-24)31(39-41(29)30-11-7-8-16-45-30)32-37-20-28(38-32)33(42)36-15-14-23-9-5-4-6-10-23/h9,12-13,17-20,30H,3-8,10-11,14-16,21H2,1-2H3,(H,36,42)(H,37,38)(H,43,44). The molecule has 2 amide bonds. The Morgan fingerprint density at radius 3 is 2.82 bits per heavy atom. The second kappa shape index (κ2) is 13.6. The number of hydrogen-bond donors (Lipinski definition) is 3. The zero-order valence-corrected chi connectivity index (χ0v) is 26.0. The van der Waals surface area contributed by atoms with Crippen LogP contribution in [-0.4, -0.2) is 66.4 Å². The first kappa shape index (κ1) is 30.5. The summed E-state index contributed by atoms with van der Waals surface area (Å²) in [5.41, 5.74) is 7.02. The van der Waals surface area contributed by atoms with Gasteiger partial charge in [-0.25, -0.2) is 14.5 Å². The van der Waals surface area contributed by atoms with Crippen LogP contribution in [-0.2, 0) is 11.3 Å². The third-order valence-electron chi connectivity index (χ3n) is 8.94. The lowest BCUT2D eigenvalue weighted by Crippen LogP contribution is -2.28. The molecule has 4 heterocycles. The molecule has 11 nitrogen and oxygen atoms in total. The summed E-state index contributed by atoms with van der Waals surface area (Å²) in [6.07, 6.45) is 14.8. The van der Waals surface area contributed by atoms with Crippen LogP contribution < -0.4 is 5.32 Å². The van der Waals surface area contributed by atoms with Gasteiger partial charge in [-0.2, -0.15) is 5.10 Å². The minimum Gasteiger partial charge on any atom is -0.465 e. The number of carboxylic acid groups (broad SMARTS) is 1. The molecule has 236 valence electrons. The van der Waals surface area contributed by atoms with E-state index in [-0.39, 0.29) is 18.7 Å². The maximum Gasteiger partial charge on any atom is 0.407 e. The van der Waals surface area contributed by atoms with E-state index in [0.29, 0.717) is 36.9 Å². The third kappa shape index (κ3) is 6.63. The predicted octanol–water partition coefficient (Wildman–Crippen LogP) is 6.62. The first-order chi connectivity index (χ1) is 21.9. The van der Waals surface area contributed by atoms with Gasteiger partial charge >= 0.3 is 6.09 Å². The summed E-state index contributed by atoms with van der Waals surface area (Å²) in [5.74, 6) is 0.321. The van der Waals surface area contributed by atoms with Crippen LogP contribution in [0, 0.1) is 6.92 Å². The van der Waals surface area contributed by atoms with Gasteiger partial charge in [-0.3, -0.25) is 9.78 Å². The molecule has 11 heteroatoms. The van der Waals surface area contributed by atoms with Crippen molar-refractivity contribution < 1.29 is 19.4 Å². The Morgan fingerprint density at radius 2 is 2.07 bits per heavy atom. The minimum absolute atomic E-state index is 0.185. The number of carbonyl (C=O) groups excluding carboxylic acids is 1. The number of allylic oxidation sites excluding steroid dienone is 1. The summed E-state index contributed by atoms with van der Waals surface area (Å²) >= 11 is 0. The number of pyridine rings is 1. The Kier molecular flexibility index (Phi) is 9.25. The van der Waals surface area contributed by atoms with Crippen LogP contribution in [0.2, 0.25) is 0 Å². The molecule has 3 aromatic heterocycles. The summed E-state index contributed by atoms with van der Waals surface area (Å²) in [4.78, 5) is 38.3. The normalized spacial score (nSPS) is 16.8. The van der Waals surface area contributed by atoms with E-state index in [1.165, 1.54) is 23.3 Å². The maximum atomic E-state index is 13.0. The summed E-state index contributed by atoms with van der Waals surface area (Å²) in [6, 6.07) is 6.15. The molecule has 1 aliphatic carbocycles. The summed E-state index contributed by atoms with van der Waals surface area (Å²) in [7, 11) is 0. The molecule has 0 saturated carbocycles. The van der Waals surface area contributed by atoms with Crippen LogP contribution in [0.3, 0.4) is 0 Å². The number of rotatable bonds is 10. The van der Waals surface area contributed by atoms with Crippen molar-refractivity contribution in [1.29, 1.82) is 0 Å². The van der Waals surface area contributed by atoms with E-state index in [0.717, 1.165) is 71.7 Å². The van der Waals surface area contributed by atoms with Crippen LogP contribution in [0.5, 0.6) is 0 Å². The van der Waals surface area contributed by atoms with Crippen LogP contribution >= 0.6 is 0 Å². The van der Waals surface area contributed by atoms with Gasteiger partial charge in [0.15, 0.2) is 12.1 Å². The SMILES string of the molecule is CCN(Cc1cncc(-c2ccc3c(c2)c(-c2ncc(C(=O)NCCC4=CCCCC4)[nH]2)nn3C2CCCCO2)c1C)C(=O)O. The lowest BCUT2D eigenvalue weighted by atomic mass is 9.97. The molecule has 0 radical (unpaired) electrons. The van der Waals surface area contributed by atoms with Crippen molar-refractivity contribution in [2.24, 2.45) is 0 Å². The largest absolute Gasteiger partial charge is 0.465 e. The van der Waals surface area contributed by atoms with Crippen molar-refractivity contribution in [3.63, 3.8) is 0 Å². The fourth-order valence-electron chi connectivity index (χ4n) is 6.28. The molecule has 4 aromatic rings. The molecule has 1 unspecified atom stereocenters. The fourth-order valence-corrected chi connectivity index (χ4v) is 6.28. The second-order valence-corrected chi connectivity index (χ2v) is 11.9. The number of imidazole rings is 1. The highest BCUT2D eigenvalue weighted by atomic mass is 16.5. The Bertz CT molecular complexity index is 1720. The van der Waals surface area contributed by atoms with E-state index < -0.39 is 6.09 Å². The van der Waals surface area contributed by atoms with E-state index in [1.807, 2.05) is 36.9 Å². The van der Waals surface area contributed by atoms with Gasteiger partial charge in [0, 0.05) is 43.0 Å². The molecule has 6 rings (SSSR count). The number of carbonyl (C=O) groups is 2. The molecule has 1 aromatic carbocycles. The van der Waals surface area contributed by atoms with Crippen LogP contribution in [0.4, 0.5) is 4.79 Å². The number of aromatic amines is 1. The van der Waals surface area contributed by atoms with Gasteiger partial charge in [0.05, 0.1) is 18.3 Å². The summed E-state index contributed by atoms with van der Waals surface area (Å²) < 4.78 is 8.05. The molecule has 1 aliphatic heterocycles. The number of nitrogens with one attached hydrogen (secondary N) is 2. The minimum atomic E-state index is -0.959. The number of ether oxygens (including phenoxy) is 1. The number of H-pyrrole nitrogens is 1. The molecule has 3 N–H and O–H groups in total. The van der Waals surface area contributed by atoms with Gasteiger partial charge < -0.3 is 25.0 Å². The molecule has 0 bridgehead atoms. The zero-order valence-electron chi connectivity index (χ0n) is 26.0. The monoisotopic (exact) mass is 611 g/mol. The second-order valence-electron chi connectivity index (χ2n) is 11.9. The average molecular weight is 612 g/mol. The molecule has 1 fully saturated rings. The Balaban J connectivity index is 1.32. The highest BCUT2D eigenvalue weighted by Gasteiger charge is 2.24. The highest BCUT2D eigenvalue weighted by molar-refractivity contribution is 5.97. The Hall–Kier alpha value is -4.51. The van der Waals surface area contributed by atoms with E-state index in [4.69, 9.17) is 9.84 Å². The lowest BCUT2D eigenvalue weighted by molar-refractivity contribution is -0.0365. The highest BCUT2D eigenvalue weighted by Crippen LogP contribution is 2.35. The number of hydrogen-bond acceptors (Lipinski definition) is 6. The summed E-state index contributed by atoms with van der Waals surface area (Å²) in [5, 5.41) is 18.5. The first-order valence-corrected chi connectivity index (χ1v) is 16.0. The quantitative estimate of drug-likeness (QED) is 0.171. The Morgan fingerprint density at radius 1 is 1.18 bits per heavy atom. The van der Waals surface area contributed by atoms with Crippen molar-refractivity contribution in [2.45, 2.75) is 78.0 Å². The van der Waals surface area contributed by atoms with Crippen molar-refractivity contribution in [1.82, 2.24) is 34.9 Å². The van der Waals surface area contributed by atoms with Gasteiger partial charge in [0.2, 0.25) is 0 Å². The number of fused-ring (bicyclic) bond motifs is 1. The molecule has 2 aliphatic rings. The lowest BCUT2D eigenvalue weighted by Gasteiger charge is -2.23. The van der Waals surface area contributed by atoms with Gasteiger partial charge in [0.1, 0.15) is 11.4 Å². The van der Waals surface area contributed by atoms with E-state index in [9.17, 15) is 14.7 Å². The first-order valence-electron chi connectivity index (χ1n) is 16.0. The van der Waals surface area contributed by atoms with Crippen molar-refractivity contribution in [3.8, 4) is 22.6 Å².